The van der Waals surface area contributed by atoms with Crippen molar-refractivity contribution in [1.82, 2.24) is 25.0 Å². The zero-order chi connectivity index (χ0) is 36.0. The van der Waals surface area contributed by atoms with Crippen LogP contribution in [-0.4, -0.2) is 105 Å². The van der Waals surface area contributed by atoms with E-state index in [9.17, 15) is 9.59 Å². The first-order valence-electron chi connectivity index (χ1n) is 17.1. The normalized spacial score (nSPS) is 18.8. The number of hydrogen-bond donors (Lipinski definition) is 2. The summed E-state index contributed by atoms with van der Waals surface area (Å²) in [7, 11) is 1.64. The van der Waals surface area contributed by atoms with Crippen molar-refractivity contribution in [2.75, 3.05) is 45.2 Å². The third kappa shape index (κ3) is 8.26. The summed E-state index contributed by atoms with van der Waals surface area (Å²) >= 11 is 3.19. The molecule has 0 bridgehead atoms. The second-order valence-corrected chi connectivity index (χ2v) is 14.9. The van der Waals surface area contributed by atoms with Crippen LogP contribution in [0.4, 0.5) is 5.69 Å². The minimum atomic E-state index is -0.627. The molecule has 2 N–H and O–H groups in total. The Labute approximate surface area is 306 Å². The van der Waals surface area contributed by atoms with E-state index in [1.54, 1.807) is 13.3 Å². The number of hydrogen-bond acceptors (Lipinski definition) is 7. The fraction of sp³-hybridized carbons (Fsp3) is 0.333. The predicted octanol–water partition coefficient (Wildman–Crippen LogP) is 5.68. The average Bonchev–Trinajstić information content (AvgIpc) is 3.75. The van der Waals surface area contributed by atoms with Gasteiger partial charge in [0.15, 0.2) is 5.84 Å². The van der Waals surface area contributed by atoms with Crippen molar-refractivity contribution in [3.8, 4) is 11.3 Å². The van der Waals surface area contributed by atoms with Gasteiger partial charge in [-0.05, 0) is 6.72 Å². The van der Waals surface area contributed by atoms with Gasteiger partial charge in [-0.25, -0.2) is 9.98 Å². The number of nitrogens with one attached hydrogen (secondary N) is 2. The molecule has 6 rings (SSSR count). The first-order valence-corrected chi connectivity index (χ1v) is 18.1. The second-order valence-electron chi connectivity index (χ2n) is 13.2. The van der Waals surface area contributed by atoms with E-state index < -0.39 is 5.41 Å². The number of H-pyrrole nitrogens is 1. The van der Waals surface area contributed by atoms with Crippen molar-refractivity contribution in [3.05, 3.63) is 96.5 Å². The number of nitrogens with zero attached hydrogens (tertiary/aromatic N) is 6. The number of aromatic nitrogens is 3. The van der Waals surface area contributed by atoms with Crippen LogP contribution >= 0.6 is 0 Å². The quantitative estimate of drug-likeness (QED) is 0.109. The van der Waals surface area contributed by atoms with Crippen LogP contribution in [0.2, 0.25) is 4.82 Å². The smallest absolute Gasteiger partial charge is 0.0506 e. The third-order valence-electron chi connectivity index (χ3n) is 9.59. The molecular weight excluding hydrogens is 707 g/mol. The Morgan fingerprint density at radius 2 is 1.98 bits per heavy atom. The van der Waals surface area contributed by atoms with Crippen molar-refractivity contribution < 1.29 is 14.3 Å². The number of carbonyl (C=O) groups is 2. The molecule has 2 aromatic carbocycles. The molecule has 2 aliphatic rings. The summed E-state index contributed by atoms with van der Waals surface area (Å²) in [5.41, 5.74) is 6.66. The molecule has 2 atom stereocenters. The van der Waals surface area contributed by atoms with Crippen LogP contribution in [0.5, 0.6) is 0 Å². The number of ether oxygens (including phenoxy) is 1. The Morgan fingerprint density at radius 3 is 2.69 bits per heavy atom. The average molecular weight is 751 g/mol. The van der Waals surface area contributed by atoms with Gasteiger partial charge in [-0.3, -0.25) is 4.98 Å². The molecule has 0 saturated carbocycles. The number of fused-ring (bicyclic) bond motifs is 1. The Hall–Kier alpha value is -4.74. The van der Waals surface area contributed by atoms with Crippen LogP contribution in [-0.2, 0) is 20.9 Å². The first kappa shape index (κ1) is 36.1. The van der Waals surface area contributed by atoms with Crippen LogP contribution in [0.25, 0.3) is 27.7 Å². The van der Waals surface area contributed by atoms with E-state index in [4.69, 9.17) is 4.74 Å². The number of anilines is 1. The molecule has 12 heteroatoms. The van der Waals surface area contributed by atoms with E-state index >= 15 is 0 Å². The zero-order valence-corrected chi connectivity index (χ0v) is 30.8. The number of carbonyl (C=O) groups excluding carboxylic acids is 2. The summed E-state index contributed by atoms with van der Waals surface area (Å²) in [6, 6.07) is 17.7. The van der Waals surface area contributed by atoms with Gasteiger partial charge >= 0.3 is 219 Å². The largest absolute Gasteiger partial charge is 0.0540 e. The van der Waals surface area contributed by atoms with Crippen molar-refractivity contribution >= 4 is 62.5 Å². The molecule has 2 aromatic heterocycles. The Bertz CT molecular complexity index is 1990. The Balaban J connectivity index is 1.10. The molecule has 4 heterocycles. The maximum absolute atomic E-state index is 14.1. The molecule has 1 radical (unpaired) electrons. The Kier molecular flexibility index (Phi) is 11.4. The van der Waals surface area contributed by atoms with E-state index in [0.29, 0.717) is 57.2 Å². The maximum Gasteiger partial charge on any atom is -0.0506 e. The van der Waals surface area contributed by atoms with E-state index in [-0.39, 0.29) is 23.2 Å². The summed E-state index contributed by atoms with van der Waals surface area (Å²) in [6.45, 7) is 12.4. The van der Waals surface area contributed by atoms with Gasteiger partial charge in [-0.15, -0.1) is 0 Å². The van der Waals surface area contributed by atoms with Crippen molar-refractivity contribution in [3.63, 3.8) is 0 Å². The minimum absolute atomic E-state index is 0.0291. The fourth-order valence-corrected chi connectivity index (χ4v) is 7.76. The van der Waals surface area contributed by atoms with Gasteiger partial charge in [0.2, 0.25) is 0 Å². The fourth-order valence-electron chi connectivity index (χ4n) is 7.09. The van der Waals surface area contributed by atoms with Gasteiger partial charge in [-0.2, -0.15) is 0 Å². The van der Waals surface area contributed by atoms with Crippen LogP contribution in [0, 0.1) is 5.41 Å². The van der Waals surface area contributed by atoms with Crippen molar-refractivity contribution in [2.45, 2.75) is 37.6 Å². The maximum atomic E-state index is 14.1. The van der Waals surface area contributed by atoms with Crippen molar-refractivity contribution in [1.29, 1.82) is 0 Å². The molecule has 263 valence electrons. The first-order chi connectivity index (χ1) is 24.7. The standard InChI is InChI=1S/C39H43N8O3Se/c1-5-41-37(40-3)29-8-6-27(7-9-29)28-13-17-47(18-14-28)35(48)23-46-19-15-39(25-46,22-26(2)51)38(49)43-31-10-11-34-33(21-31)36(45-44-34)30-12-16-42-32(20-30)24-50-4/h5-13,16,20-21,26H,1,3,14-15,17-19,22-25H2,2,4H3,(H,43,49)(H,44,45)/t26?,39-/m0/s1. The predicted molar refractivity (Wildman–Crippen MR) is 204 cm³/mol. The molecule has 51 heavy (non-hydrogen) atoms. The third-order valence-corrected chi connectivity index (χ3v) is 9.94. The van der Waals surface area contributed by atoms with Crippen molar-refractivity contribution in [2.24, 2.45) is 15.4 Å². The number of benzene rings is 2. The van der Waals surface area contributed by atoms with Gasteiger partial charge in [0.05, 0.1) is 6.61 Å². The SMILES string of the molecule is C=CN=C(N=C)c1ccc(C2=CCN(C(=O)CN3CC[C@@](CC(C)[Se])(C(=O)Nc4ccc5[nH]nc(-c6ccnc(COC)c6)c5c4)C3)CC2)cc1. The van der Waals surface area contributed by atoms with Crippen LogP contribution in [0.1, 0.15) is 43.0 Å². The van der Waals surface area contributed by atoms with E-state index in [1.807, 2.05) is 47.4 Å². The summed E-state index contributed by atoms with van der Waals surface area (Å²) in [5.74, 6) is 0.584. The number of amidine groups is 1. The number of rotatable bonds is 12. The van der Waals surface area contributed by atoms with E-state index in [1.165, 1.54) is 11.8 Å². The number of aromatic amines is 1. The van der Waals surface area contributed by atoms with E-state index in [2.05, 4.69) is 89.8 Å². The summed E-state index contributed by atoms with van der Waals surface area (Å²) in [4.78, 5) is 44.3. The van der Waals surface area contributed by atoms with Crippen LogP contribution in [0.15, 0.2) is 89.6 Å². The molecule has 1 unspecified atom stereocenters. The molecule has 4 aromatic rings. The monoisotopic (exact) mass is 751 g/mol. The van der Waals surface area contributed by atoms with Gasteiger partial charge in [0.1, 0.15) is 0 Å². The number of aliphatic imine (C=N–C) groups is 2. The molecule has 2 aliphatic heterocycles. The Morgan fingerprint density at radius 1 is 1.16 bits per heavy atom. The molecule has 0 aliphatic carbocycles. The van der Waals surface area contributed by atoms with Gasteiger partial charge < -0.3 is 4.74 Å². The molecule has 0 spiro atoms. The van der Waals surface area contributed by atoms with Gasteiger partial charge in [0.25, 0.3) is 0 Å². The molecule has 1 saturated heterocycles. The van der Waals surface area contributed by atoms with Crippen LogP contribution in [0.3, 0.4) is 0 Å². The van der Waals surface area contributed by atoms with Crippen LogP contribution < -0.4 is 5.32 Å². The summed E-state index contributed by atoms with van der Waals surface area (Å²) in [6.07, 6.45) is 7.46. The summed E-state index contributed by atoms with van der Waals surface area (Å²) in [5, 5.41) is 11.8. The number of pyridine rings is 1. The zero-order valence-electron chi connectivity index (χ0n) is 29.1. The molecule has 2 amide bonds. The topological polar surface area (TPSA) is 128 Å². The number of amides is 2. The second kappa shape index (κ2) is 16.1. The number of likely N-dealkylation sites (tertiary alicyclic amines) is 1. The molecular formula is C39H43N8O3Se. The molecule has 1 fully saturated rings. The van der Waals surface area contributed by atoms with Gasteiger partial charge in [0, 0.05) is 18.9 Å². The minimum Gasteiger partial charge on any atom is -0.0540 e. The number of methoxy groups -OCH3 is 1. The van der Waals surface area contributed by atoms with Gasteiger partial charge in [-0.1, -0.05) is 30.8 Å². The van der Waals surface area contributed by atoms with E-state index in [0.717, 1.165) is 45.4 Å². The molecule has 11 nitrogen and oxygen atoms in total. The summed E-state index contributed by atoms with van der Waals surface area (Å²) < 4.78 is 5.26.